The van der Waals surface area contributed by atoms with Crippen LogP contribution in [0.5, 0.6) is 0 Å². The molecule has 1 aliphatic carbocycles. The standard InChI is InChI=1S/C23H31N3O2S/c1-5-16(2)26(23(28)21-10-7-13-29-21)15-18-14-19(11-12-20(18)25(3)4)24-22(27)17-8-6-9-17/h7,10-14,16-17H,5-6,8-9,15H2,1-4H3,(H,24,27). The van der Waals surface area contributed by atoms with E-state index in [1.165, 1.54) is 11.3 Å². The van der Waals surface area contributed by atoms with Crippen LogP contribution in [-0.2, 0) is 11.3 Å². The Morgan fingerprint density at radius 2 is 2.00 bits per heavy atom. The van der Waals surface area contributed by atoms with Crippen LogP contribution in [0.15, 0.2) is 35.7 Å². The normalized spacial score (nSPS) is 14.8. The van der Waals surface area contributed by atoms with Crippen molar-refractivity contribution >= 4 is 34.5 Å². The molecule has 1 saturated carbocycles. The van der Waals surface area contributed by atoms with Gasteiger partial charge in [-0.15, -0.1) is 11.3 Å². The highest BCUT2D eigenvalue weighted by atomic mass is 32.1. The topological polar surface area (TPSA) is 52.7 Å². The van der Waals surface area contributed by atoms with Gasteiger partial charge >= 0.3 is 0 Å². The van der Waals surface area contributed by atoms with Crippen LogP contribution in [0.1, 0.15) is 54.8 Å². The smallest absolute Gasteiger partial charge is 0.264 e. The number of amides is 2. The van der Waals surface area contributed by atoms with Crippen LogP contribution in [0.25, 0.3) is 0 Å². The van der Waals surface area contributed by atoms with Crippen molar-refractivity contribution in [3.8, 4) is 0 Å². The number of nitrogens with one attached hydrogen (secondary N) is 1. The molecule has 1 fully saturated rings. The summed E-state index contributed by atoms with van der Waals surface area (Å²) in [5, 5.41) is 5.00. The molecule has 6 heteroatoms. The first-order valence-corrected chi connectivity index (χ1v) is 11.2. The summed E-state index contributed by atoms with van der Waals surface area (Å²) in [4.78, 5) is 30.3. The van der Waals surface area contributed by atoms with Crippen molar-refractivity contribution < 1.29 is 9.59 Å². The Morgan fingerprint density at radius 1 is 1.24 bits per heavy atom. The Balaban J connectivity index is 1.87. The summed E-state index contributed by atoms with van der Waals surface area (Å²) in [6, 6.07) is 9.90. The van der Waals surface area contributed by atoms with Crippen LogP contribution in [0, 0.1) is 5.92 Å². The summed E-state index contributed by atoms with van der Waals surface area (Å²) >= 11 is 1.47. The van der Waals surface area contributed by atoms with Gasteiger partial charge in [0, 0.05) is 44.0 Å². The van der Waals surface area contributed by atoms with E-state index in [9.17, 15) is 9.59 Å². The van der Waals surface area contributed by atoms with E-state index in [2.05, 4.69) is 24.1 Å². The number of hydrogen-bond acceptors (Lipinski definition) is 4. The van der Waals surface area contributed by atoms with Crippen LogP contribution in [-0.4, -0.2) is 36.9 Å². The van der Waals surface area contributed by atoms with Gasteiger partial charge in [0.05, 0.1) is 4.88 Å². The molecule has 1 atom stereocenters. The number of benzene rings is 1. The molecule has 0 spiro atoms. The molecule has 5 nitrogen and oxygen atoms in total. The third-order valence-corrected chi connectivity index (χ3v) is 6.62. The van der Waals surface area contributed by atoms with Crippen molar-refractivity contribution in [3.63, 3.8) is 0 Å². The SMILES string of the molecule is CCC(C)N(Cc1cc(NC(=O)C2CCC2)ccc1N(C)C)C(=O)c1cccs1. The zero-order valence-corrected chi connectivity index (χ0v) is 18.6. The minimum Gasteiger partial charge on any atom is -0.377 e. The Bertz CT molecular complexity index is 844. The second-order valence-corrected chi connectivity index (χ2v) is 8.97. The van der Waals surface area contributed by atoms with Gasteiger partial charge in [-0.2, -0.15) is 0 Å². The minimum absolute atomic E-state index is 0.0583. The van der Waals surface area contributed by atoms with Crippen LogP contribution in [0.4, 0.5) is 11.4 Å². The third kappa shape index (κ3) is 4.99. The van der Waals surface area contributed by atoms with Crippen molar-refractivity contribution in [1.29, 1.82) is 0 Å². The lowest BCUT2D eigenvalue weighted by Crippen LogP contribution is -2.37. The number of thiophene rings is 1. The maximum Gasteiger partial charge on any atom is 0.264 e. The average molecular weight is 414 g/mol. The first kappa shape index (κ1) is 21.4. The second kappa shape index (κ2) is 9.44. The Morgan fingerprint density at radius 3 is 2.55 bits per heavy atom. The third-order valence-electron chi connectivity index (χ3n) is 5.76. The van der Waals surface area contributed by atoms with E-state index in [1.54, 1.807) is 0 Å². The molecule has 1 unspecified atom stereocenters. The van der Waals surface area contributed by atoms with Gasteiger partial charge in [-0.25, -0.2) is 0 Å². The molecule has 1 aromatic heterocycles. The van der Waals surface area contributed by atoms with Gasteiger partial charge in [-0.05, 0) is 61.4 Å². The Labute approximate surface area is 177 Å². The summed E-state index contributed by atoms with van der Waals surface area (Å²) in [5.41, 5.74) is 2.89. The highest BCUT2D eigenvalue weighted by Gasteiger charge is 2.26. The van der Waals surface area contributed by atoms with Gasteiger partial charge in [0.1, 0.15) is 0 Å². The molecule has 0 aliphatic heterocycles. The van der Waals surface area contributed by atoms with Gasteiger partial charge in [-0.3, -0.25) is 9.59 Å². The maximum absolute atomic E-state index is 13.1. The maximum atomic E-state index is 13.1. The molecule has 2 amide bonds. The average Bonchev–Trinajstić information content (AvgIpc) is 3.18. The fraction of sp³-hybridized carbons (Fsp3) is 0.478. The van der Waals surface area contributed by atoms with Crippen LogP contribution < -0.4 is 10.2 Å². The van der Waals surface area contributed by atoms with E-state index in [1.807, 2.05) is 54.7 Å². The van der Waals surface area contributed by atoms with Crippen LogP contribution in [0.3, 0.4) is 0 Å². The molecule has 156 valence electrons. The van der Waals surface area contributed by atoms with E-state index in [0.29, 0.717) is 6.54 Å². The number of carbonyl (C=O) groups excluding carboxylic acids is 2. The van der Waals surface area contributed by atoms with Crippen molar-refractivity contribution in [2.24, 2.45) is 5.92 Å². The van der Waals surface area contributed by atoms with Crippen molar-refractivity contribution in [1.82, 2.24) is 4.90 Å². The first-order chi connectivity index (χ1) is 13.9. The summed E-state index contributed by atoms with van der Waals surface area (Å²) in [5.74, 6) is 0.306. The second-order valence-electron chi connectivity index (χ2n) is 8.02. The number of rotatable bonds is 8. The monoisotopic (exact) mass is 413 g/mol. The van der Waals surface area contributed by atoms with E-state index < -0.39 is 0 Å². The first-order valence-electron chi connectivity index (χ1n) is 10.4. The molecule has 1 N–H and O–H groups in total. The van der Waals surface area contributed by atoms with Gasteiger partial charge in [0.15, 0.2) is 0 Å². The van der Waals surface area contributed by atoms with Gasteiger partial charge in [-0.1, -0.05) is 19.4 Å². The van der Waals surface area contributed by atoms with Crippen molar-refractivity contribution in [3.05, 3.63) is 46.2 Å². The number of carbonyl (C=O) groups is 2. The van der Waals surface area contributed by atoms with Crippen LogP contribution >= 0.6 is 11.3 Å². The largest absolute Gasteiger partial charge is 0.377 e. The van der Waals surface area contributed by atoms with Crippen molar-refractivity contribution in [2.45, 2.75) is 52.1 Å². The Hall–Kier alpha value is -2.34. The molecule has 0 bridgehead atoms. The molecule has 1 heterocycles. The predicted molar refractivity (Wildman–Crippen MR) is 121 cm³/mol. The van der Waals surface area contributed by atoms with Crippen LogP contribution in [0.2, 0.25) is 0 Å². The summed E-state index contributed by atoms with van der Waals surface area (Å²) in [7, 11) is 4.00. The lowest BCUT2D eigenvalue weighted by Gasteiger charge is -2.30. The summed E-state index contributed by atoms with van der Waals surface area (Å²) in [6.45, 7) is 4.69. The fourth-order valence-corrected chi connectivity index (χ4v) is 4.19. The zero-order valence-electron chi connectivity index (χ0n) is 17.8. The van der Waals surface area contributed by atoms with E-state index >= 15 is 0 Å². The number of anilines is 2. The number of nitrogens with zero attached hydrogens (tertiary/aromatic N) is 2. The zero-order chi connectivity index (χ0) is 21.0. The van der Waals surface area contributed by atoms with E-state index in [-0.39, 0.29) is 23.8 Å². The summed E-state index contributed by atoms with van der Waals surface area (Å²) < 4.78 is 0. The Kier molecular flexibility index (Phi) is 6.96. The highest BCUT2D eigenvalue weighted by molar-refractivity contribution is 7.12. The van der Waals surface area contributed by atoms with Gasteiger partial charge < -0.3 is 15.1 Å². The molecule has 29 heavy (non-hydrogen) atoms. The predicted octanol–water partition coefficient (Wildman–Crippen LogP) is 4.99. The molecular formula is C23H31N3O2S. The fourth-order valence-electron chi connectivity index (χ4n) is 3.51. The van der Waals surface area contributed by atoms with E-state index in [4.69, 9.17) is 0 Å². The lowest BCUT2D eigenvalue weighted by molar-refractivity contribution is -0.122. The molecule has 0 radical (unpaired) electrons. The van der Waals surface area contributed by atoms with E-state index in [0.717, 1.165) is 47.5 Å². The number of hydrogen-bond donors (Lipinski definition) is 1. The molecule has 2 aromatic rings. The van der Waals surface area contributed by atoms with Gasteiger partial charge in [0.2, 0.25) is 5.91 Å². The lowest BCUT2D eigenvalue weighted by atomic mass is 9.85. The molecular weight excluding hydrogens is 382 g/mol. The van der Waals surface area contributed by atoms with Crippen molar-refractivity contribution in [2.75, 3.05) is 24.3 Å². The minimum atomic E-state index is 0.0583. The van der Waals surface area contributed by atoms with Gasteiger partial charge in [0.25, 0.3) is 5.91 Å². The molecule has 0 saturated heterocycles. The molecule has 3 rings (SSSR count). The quantitative estimate of drug-likeness (QED) is 0.663. The highest BCUT2D eigenvalue weighted by Crippen LogP contribution is 2.30. The molecule has 1 aliphatic rings. The molecule has 1 aromatic carbocycles. The summed E-state index contributed by atoms with van der Waals surface area (Å²) in [6.07, 6.45) is 3.97.